The van der Waals surface area contributed by atoms with Crippen LogP contribution >= 0.6 is 0 Å². The number of hydroxylamine groups is 1. The van der Waals surface area contributed by atoms with Gasteiger partial charge in [-0.3, -0.25) is 10.0 Å². The Morgan fingerprint density at radius 1 is 1.83 bits per heavy atom. The summed E-state index contributed by atoms with van der Waals surface area (Å²) in [6, 6.07) is 0. The Balaban J connectivity index is 0.00000121. The molecule has 0 saturated heterocycles. The van der Waals surface area contributed by atoms with Gasteiger partial charge >= 0.3 is 0 Å². The molecule has 1 rings (SSSR count). The zero-order chi connectivity index (χ0) is 8.27. The van der Waals surface area contributed by atoms with E-state index >= 15 is 0 Å². The van der Waals surface area contributed by atoms with Crippen molar-refractivity contribution in [3.05, 3.63) is 12.5 Å². The summed E-state index contributed by atoms with van der Waals surface area (Å²) in [5.74, 6) is -0.0234. The molecule has 12 heavy (non-hydrogen) atoms. The molecule has 68 valence electrons. The Bertz CT molecular complexity index is 262. The Labute approximate surface area is 74.8 Å². The van der Waals surface area contributed by atoms with Crippen LogP contribution in [0, 0.1) is 0 Å². The predicted octanol–water partition coefficient (Wildman–Crippen LogP) is -4.61. The summed E-state index contributed by atoms with van der Waals surface area (Å²) in [7, 11) is 0. The highest BCUT2D eigenvalue weighted by molar-refractivity contribution is 5.72. The third-order valence-corrected chi connectivity index (χ3v) is 1.15. The van der Waals surface area contributed by atoms with Crippen LogP contribution in [0.3, 0.4) is 0 Å². The highest BCUT2D eigenvalue weighted by atomic mass is 35.5. The van der Waals surface area contributed by atoms with Crippen LogP contribution in [0.4, 0.5) is 5.82 Å². The fraction of sp³-hybridized carbons (Fsp3) is 0.200. The highest BCUT2D eigenvalue weighted by Gasteiger charge is 2.06. The van der Waals surface area contributed by atoms with Gasteiger partial charge < -0.3 is 18.1 Å². The second-order valence-electron chi connectivity index (χ2n) is 2.07. The summed E-state index contributed by atoms with van der Waals surface area (Å²) in [6.45, 7) is 0.0458. The monoisotopic (exact) mass is 192 g/mol. The molecule has 6 nitrogen and oxygen atoms in total. The summed E-state index contributed by atoms with van der Waals surface area (Å²) < 4.78 is 1.51. The Kier molecular flexibility index (Phi) is 4.09. The number of imidazole rings is 1. The number of aromatic amines is 1. The summed E-state index contributed by atoms with van der Waals surface area (Å²) in [5, 5.41) is 8.15. The molecule has 1 heterocycles. The van der Waals surface area contributed by atoms with Crippen molar-refractivity contribution in [3.8, 4) is 0 Å². The summed E-state index contributed by atoms with van der Waals surface area (Å²) in [4.78, 5) is 13.2. The molecule has 0 aliphatic carbocycles. The minimum Gasteiger partial charge on any atom is -1.00 e. The normalized spacial score (nSPS) is 8.75. The second-order valence-corrected chi connectivity index (χ2v) is 2.07. The van der Waals surface area contributed by atoms with E-state index in [1.54, 1.807) is 6.20 Å². The number of rotatable bonds is 2. The maximum atomic E-state index is 10.6. The predicted molar refractivity (Wildman–Crippen MR) is 35.3 cm³/mol. The van der Waals surface area contributed by atoms with Gasteiger partial charge in [-0.15, -0.1) is 0 Å². The van der Waals surface area contributed by atoms with Crippen LogP contribution in [-0.4, -0.2) is 16.1 Å². The number of hydrogen-bond acceptors (Lipinski definition) is 3. The van der Waals surface area contributed by atoms with Crippen molar-refractivity contribution < 1.29 is 27.0 Å². The van der Waals surface area contributed by atoms with E-state index in [9.17, 15) is 4.79 Å². The lowest BCUT2D eigenvalue weighted by Crippen LogP contribution is -3.00. The van der Waals surface area contributed by atoms with Gasteiger partial charge in [0.1, 0.15) is 0 Å². The fourth-order valence-corrected chi connectivity index (χ4v) is 0.703. The zero-order valence-electron chi connectivity index (χ0n) is 6.12. The van der Waals surface area contributed by atoms with E-state index in [1.165, 1.54) is 16.4 Å². The molecule has 7 heteroatoms. The van der Waals surface area contributed by atoms with Gasteiger partial charge in [0.15, 0.2) is 12.7 Å². The SMILES string of the molecule is Nc1c[n+](CC(=O)NO)c[nH]1.[Cl-]. The number of amides is 1. The summed E-state index contributed by atoms with van der Waals surface area (Å²) >= 11 is 0. The number of nitrogen functional groups attached to an aromatic ring is 1. The molecule has 0 atom stereocenters. The molecular weight excluding hydrogens is 184 g/mol. The summed E-state index contributed by atoms with van der Waals surface area (Å²) in [5.41, 5.74) is 6.83. The number of H-pyrrole nitrogens is 1. The highest BCUT2D eigenvalue weighted by Crippen LogP contribution is 1.85. The van der Waals surface area contributed by atoms with Crippen LogP contribution in [0.15, 0.2) is 12.5 Å². The van der Waals surface area contributed by atoms with Crippen LogP contribution < -0.4 is 28.2 Å². The van der Waals surface area contributed by atoms with Crippen molar-refractivity contribution in [2.24, 2.45) is 0 Å². The molecule has 0 aliphatic rings. The van der Waals surface area contributed by atoms with Crippen molar-refractivity contribution in [1.29, 1.82) is 0 Å². The summed E-state index contributed by atoms with van der Waals surface area (Å²) in [6.07, 6.45) is 3.08. The number of nitrogens with two attached hydrogens (primary N) is 1. The molecule has 0 unspecified atom stereocenters. The van der Waals surface area contributed by atoms with Gasteiger partial charge in [-0.2, -0.15) is 0 Å². The quantitative estimate of drug-likeness (QED) is 0.216. The van der Waals surface area contributed by atoms with E-state index in [2.05, 4.69) is 4.98 Å². The fourth-order valence-electron chi connectivity index (χ4n) is 0.703. The van der Waals surface area contributed by atoms with Crippen LogP contribution in [0.5, 0.6) is 0 Å². The number of nitrogens with zero attached hydrogens (tertiary/aromatic N) is 1. The average Bonchev–Trinajstić information content (AvgIpc) is 2.35. The molecule has 0 aliphatic heterocycles. The first-order valence-corrected chi connectivity index (χ1v) is 2.98. The largest absolute Gasteiger partial charge is 1.00 e. The van der Waals surface area contributed by atoms with Gasteiger partial charge in [0, 0.05) is 0 Å². The standard InChI is InChI=1S/C5H8N4O2.ClH/c6-4-1-9(3-7-4)2-5(10)8-11;/h1,3H,2,6H2,(H2,8,10,11);1H. The number of anilines is 1. The molecule has 0 spiro atoms. The maximum absolute atomic E-state index is 10.6. The average molecular weight is 193 g/mol. The van der Waals surface area contributed by atoms with Gasteiger partial charge in [-0.25, -0.2) is 15.0 Å². The van der Waals surface area contributed by atoms with Crippen molar-refractivity contribution in [3.63, 3.8) is 0 Å². The molecule has 1 aromatic heterocycles. The number of aromatic nitrogens is 2. The van der Waals surface area contributed by atoms with Crippen LogP contribution in [-0.2, 0) is 11.3 Å². The van der Waals surface area contributed by atoms with Gasteiger partial charge in [-0.05, 0) is 0 Å². The molecule has 1 amide bonds. The van der Waals surface area contributed by atoms with Gasteiger partial charge in [0.2, 0.25) is 12.1 Å². The molecular formula is C5H9ClN4O2. The van der Waals surface area contributed by atoms with E-state index in [-0.39, 0.29) is 19.0 Å². The number of hydrogen-bond donors (Lipinski definition) is 4. The number of carbonyl (C=O) groups excluding carboxylic acids is 1. The first kappa shape index (κ1) is 10.7. The van der Waals surface area contributed by atoms with Gasteiger partial charge in [0.25, 0.3) is 5.91 Å². The Morgan fingerprint density at radius 3 is 2.92 bits per heavy atom. The molecule has 0 radical (unpaired) electrons. The first-order chi connectivity index (χ1) is 5.22. The molecule has 0 aromatic carbocycles. The minimum absolute atomic E-state index is 0. The van der Waals surface area contributed by atoms with Crippen molar-refractivity contribution >= 4 is 11.7 Å². The van der Waals surface area contributed by atoms with Crippen molar-refractivity contribution in [1.82, 2.24) is 10.5 Å². The molecule has 0 bridgehead atoms. The van der Waals surface area contributed by atoms with E-state index < -0.39 is 5.91 Å². The Hall–Kier alpha value is -1.27. The minimum atomic E-state index is -0.492. The van der Waals surface area contributed by atoms with Crippen molar-refractivity contribution in [2.45, 2.75) is 6.54 Å². The lowest BCUT2D eigenvalue weighted by atomic mass is 10.6. The van der Waals surface area contributed by atoms with Crippen LogP contribution in [0.2, 0.25) is 0 Å². The Morgan fingerprint density at radius 2 is 2.50 bits per heavy atom. The van der Waals surface area contributed by atoms with Crippen LogP contribution in [0.25, 0.3) is 0 Å². The number of halogens is 1. The lowest BCUT2D eigenvalue weighted by molar-refractivity contribution is -0.683. The molecule has 0 saturated carbocycles. The molecule has 0 fully saturated rings. The van der Waals surface area contributed by atoms with E-state index in [4.69, 9.17) is 10.9 Å². The lowest BCUT2D eigenvalue weighted by Gasteiger charge is -1.91. The zero-order valence-corrected chi connectivity index (χ0v) is 6.88. The van der Waals surface area contributed by atoms with E-state index in [0.29, 0.717) is 5.82 Å². The van der Waals surface area contributed by atoms with E-state index in [0.717, 1.165) is 0 Å². The third-order valence-electron chi connectivity index (χ3n) is 1.15. The molecule has 5 N–H and O–H groups in total. The van der Waals surface area contributed by atoms with Crippen molar-refractivity contribution in [2.75, 3.05) is 5.73 Å². The maximum Gasteiger partial charge on any atom is 0.285 e. The van der Waals surface area contributed by atoms with Crippen LogP contribution in [0.1, 0.15) is 0 Å². The topological polar surface area (TPSA) is 95.0 Å². The second kappa shape index (κ2) is 4.58. The first-order valence-electron chi connectivity index (χ1n) is 2.98. The molecule has 1 aromatic rings. The van der Waals surface area contributed by atoms with E-state index in [1.807, 2.05) is 0 Å². The van der Waals surface area contributed by atoms with Gasteiger partial charge in [-0.1, -0.05) is 0 Å². The van der Waals surface area contributed by atoms with Gasteiger partial charge in [0.05, 0.1) is 0 Å². The number of nitrogens with one attached hydrogen (secondary N) is 2. The number of carbonyl (C=O) groups is 1. The third kappa shape index (κ3) is 2.77. The smallest absolute Gasteiger partial charge is 0.285 e.